The van der Waals surface area contributed by atoms with Gasteiger partial charge in [0.15, 0.2) is 17.3 Å². The van der Waals surface area contributed by atoms with Crippen molar-refractivity contribution in [3.8, 4) is 17.2 Å². The molecule has 5 heteroatoms. The SMILES string of the molecule is COc1cc(OC)c2c(c1OC)C(=O)CC2N. The summed E-state index contributed by atoms with van der Waals surface area (Å²) < 4.78 is 15.7. The molecule has 0 heterocycles. The van der Waals surface area contributed by atoms with E-state index >= 15 is 0 Å². The Morgan fingerprint density at radius 2 is 1.82 bits per heavy atom. The van der Waals surface area contributed by atoms with Crippen molar-refractivity contribution in [1.82, 2.24) is 0 Å². The number of carbonyl (C=O) groups excluding carboxylic acids is 1. The Balaban J connectivity index is 2.75. The molecule has 0 saturated carbocycles. The van der Waals surface area contributed by atoms with Gasteiger partial charge in [-0.05, 0) is 0 Å². The van der Waals surface area contributed by atoms with Crippen LogP contribution >= 0.6 is 0 Å². The van der Waals surface area contributed by atoms with Gasteiger partial charge in [-0.15, -0.1) is 0 Å². The molecule has 17 heavy (non-hydrogen) atoms. The van der Waals surface area contributed by atoms with Crippen LogP contribution in [0.2, 0.25) is 0 Å². The quantitative estimate of drug-likeness (QED) is 0.858. The van der Waals surface area contributed by atoms with Crippen LogP contribution in [0, 0.1) is 0 Å². The standard InChI is InChI=1S/C12H15NO4/c1-15-8-5-9(16-2)12(17-3)11-7(14)4-6(13)10(8)11/h5-6H,4,13H2,1-3H3. The van der Waals surface area contributed by atoms with Crippen molar-refractivity contribution in [2.24, 2.45) is 5.73 Å². The van der Waals surface area contributed by atoms with Gasteiger partial charge in [0, 0.05) is 24.1 Å². The minimum atomic E-state index is -0.341. The van der Waals surface area contributed by atoms with Crippen LogP contribution in [0.4, 0.5) is 0 Å². The van der Waals surface area contributed by atoms with Gasteiger partial charge in [0.2, 0.25) is 0 Å². The van der Waals surface area contributed by atoms with Crippen LogP contribution in [0.3, 0.4) is 0 Å². The van der Waals surface area contributed by atoms with Crippen LogP contribution in [-0.2, 0) is 0 Å². The average Bonchev–Trinajstić information content (AvgIpc) is 2.63. The lowest BCUT2D eigenvalue weighted by Crippen LogP contribution is -2.08. The van der Waals surface area contributed by atoms with E-state index in [0.29, 0.717) is 28.4 Å². The predicted octanol–water partition coefficient (Wildman–Crippen LogP) is 1.30. The second-order valence-corrected chi connectivity index (χ2v) is 3.84. The summed E-state index contributed by atoms with van der Waals surface area (Å²) in [7, 11) is 4.56. The number of Topliss-reactive ketones (excluding diaryl/α,β-unsaturated/α-hetero) is 1. The number of ketones is 1. The number of methoxy groups -OCH3 is 3. The smallest absolute Gasteiger partial charge is 0.172 e. The van der Waals surface area contributed by atoms with E-state index in [1.807, 2.05) is 0 Å². The molecule has 0 saturated heterocycles. The van der Waals surface area contributed by atoms with Crippen molar-refractivity contribution < 1.29 is 19.0 Å². The maximum absolute atomic E-state index is 11.9. The van der Waals surface area contributed by atoms with Gasteiger partial charge < -0.3 is 19.9 Å². The Labute approximate surface area is 99.5 Å². The summed E-state index contributed by atoms with van der Waals surface area (Å²) in [5.41, 5.74) is 7.12. The summed E-state index contributed by atoms with van der Waals surface area (Å²) in [5, 5.41) is 0. The molecular weight excluding hydrogens is 222 g/mol. The Kier molecular flexibility index (Phi) is 2.93. The molecule has 5 nitrogen and oxygen atoms in total. The highest BCUT2D eigenvalue weighted by atomic mass is 16.5. The van der Waals surface area contributed by atoms with Gasteiger partial charge in [0.1, 0.15) is 5.75 Å². The summed E-state index contributed by atoms with van der Waals surface area (Å²) in [6.45, 7) is 0. The van der Waals surface area contributed by atoms with Crippen LogP contribution in [0.25, 0.3) is 0 Å². The van der Waals surface area contributed by atoms with Crippen LogP contribution < -0.4 is 19.9 Å². The summed E-state index contributed by atoms with van der Waals surface area (Å²) in [6, 6.07) is 1.35. The van der Waals surface area contributed by atoms with Gasteiger partial charge in [-0.25, -0.2) is 0 Å². The third-order valence-electron chi connectivity index (χ3n) is 2.95. The van der Waals surface area contributed by atoms with Crippen molar-refractivity contribution >= 4 is 5.78 Å². The lowest BCUT2D eigenvalue weighted by Gasteiger charge is -2.16. The first-order valence-corrected chi connectivity index (χ1v) is 5.25. The topological polar surface area (TPSA) is 70.8 Å². The molecule has 1 aromatic rings. The Morgan fingerprint density at radius 3 is 2.35 bits per heavy atom. The van der Waals surface area contributed by atoms with Crippen LogP contribution in [0.5, 0.6) is 17.2 Å². The van der Waals surface area contributed by atoms with E-state index in [2.05, 4.69) is 0 Å². The van der Waals surface area contributed by atoms with Crippen molar-refractivity contribution in [2.75, 3.05) is 21.3 Å². The molecule has 0 spiro atoms. The fraction of sp³-hybridized carbons (Fsp3) is 0.417. The first-order valence-electron chi connectivity index (χ1n) is 5.25. The van der Waals surface area contributed by atoms with Gasteiger partial charge in [0.25, 0.3) is 0 Å². The Hall–Kier alpha value is -1.75. The second kappa shape index (κ2) is 4.25. The van der Waals surface area contributed by atoms with Crippen molar-refractivity contribution in [1.29, 1.82) is 0 Å². The van der Waals surface area contributed by atoms with E-state index in [0.717, 1.165) is 0 Å². The van der Waals surface area contributed by atoms with E-state index in [4.69, 9.17) is 19.9 Å². The molecular formula is C12H15NO4. The number of rotatable bonds is 3. The number of carbonyl (C=O) groups is 1. The monoisotopic (exact) mass is 237 g/mol. The molecule has 92 valence electrons. The molecule has 0 amide bonds. The number of hydrogen-bond acceptors (Lipinski definition) is 5. The molecule has 0 bridgehead atoms. The molecule has 1 atom stereocenters. The van der Waals surface area contributed by atoms with Gasteiger partial charge in [-0.2, -0.15) is 0 Å². The van der Waals surface area contributed by atoms with Gasteiger partial charge >= 0.3 is 0 Å². The van der Waals surface area contributed by atoms with Crippen LogP contribution in [0.1, 0.15) is 28.4 Å². The number of ether oxygens (including phenoxy) is 3. The summed E-state index contributed by atoms with van der Waals surface area (Å²) >= 11 is 0. The highest BCUT2D eigenvalue weighted by Gasteiger charge is 2.35. The summed E-state index contributed by atoms with van der Waals surface area (Å²) in [5.74, 6) is 1.43. The first-order chi connectivity index (χ1) is 8.13. The number of nitrogens with two attached hydrogens (primary N) is 1. The lowest BCUT2D eigenvalue weighted by molar-refractivity contribution is 0.0986. The zero-order valence-corrected chi connectivity index (χ0v) is 10.1. The van der Waals surface area contributed by atoms with E-state index in [1.165, 1.54) is 21.3 Å². The van der Waals surface area contributed by atoms with Crippen molar-refractivity contribution in [3.05, 3.63) is 17.2 Å². The van der Waals surface area contributed by atoms with Crippen LogP contribution in [0.15, 0.2) is 6.07 Å². The first kappa shape index (κ1) is 11.7. The molecule has 1 aliphatic carbocycles. The predicted molar refractivity (Wildman–Crippen MR) is 62.0 cm³/mol. The minimum Gasteiger partial charge on any atom is -0.496 e. The van der Waals surface area contributed by atoms with Gasteiger partial charge in [-0.1, -0.05) is 0 Å². The second-order valence-electron chi connectivity index (χ2n) is 3.84. The molecule has 1 unspecified atom stereocenters. The van der Waals surface area contributed by atoms with E-state index in [9.17, 15) is 4.79 Å². The van der Waals surface area contributed by atoms with E-state index in [1.54, 1.807) is 6.07 Å². The Morgan fingerprint density at radius 1 is 1.18 bits per heavy atom. The number of hydrogen-bond donors (Lipinski definition) is 1. The maximum Gasteiger partial charge on any atom is 0.172 e. The van der Waals surface area contributed by atoms with Gasteiger partial charge in [0.05, 0.1) is 26.9 Å². The molecule has 2 N–H and O–H groups in total. The van der Waals surface area contributed by atoms with E-state index < -0.39 is 0 Å². The molecule has 0 aliphatic heterocycles. The highest BCUT2D eigenvalue weighted by Crippen LogP contribution is 2.46. The zero-order valence-electron chi connectivity index (χ0n) is 10.1. The molecule has 0 fully saturated rings. The van der Waals surface area contributed by atoms with Crippen molar-refractivity contribution in [3.63, 3.8) is 0 Å². The van der Waals surface area contributed by atoms with Crippen molar-refractivity contribution in [2.45, 2.75) is 12.5 Å². The zero-order chi connectivity index (χ0) is 12.6. The fourth-order valence-electron chi connectivity index (χ4n) is 2.20. The normalized spacial score (nSPS) is 17.9. The molecule has 0 aromatic heterocycles. The average molecular weight is 237 g/mol. The number of fused-ring (bicyclic) bond motifs is 1. The lowest BCUT2D eigenvalue weighted by atomic mass is 10.1. The summed E-state index contributed by atoms with van der Waals surface area (Å²) in [4.78, 5) is 11.9. The fourth-order valence-corrected chi connectivity index (χ4v) is 2.20. The molecule has 1 aromatic carbocycles. The Bertz CT molecular complexity index is 470. The van der Waals surface area contributed by atoms with Crippen LogP contribution in [-0.4, -0.2) is 27.1 Å². The third kappa shape index (κ3) is 1.63. The maximum atomic E-state index is 11.9. The molecule has 2 rings (SSSR count). The molecule has 1 aliphatic rings. The largest absolute Gasteiger partial charge is 0.496 e. The number of benzene rings is 1. The van der Waals surface area contributed by atoms with E-state index in [-0.39, 0.29) is 18.2 Å². The summed E-state index contributed by atoms with van der Waals surface area (Å²) in [6.07, 6.45) is 0.273. The molecule has 0 radical (unpaired) electrons. The third-order valence-corrected chi connectivity index (χ3v) is 2.95. The minimum absolute atomic E-state index is 0.0402. The highest BCUT2D eigenvalue weighted by molar-refractivity contribution is 6.05. The van der Waals surface area contributed by atoms with Gasteiger partial charge in [-0.3, -0.25) is 4.79 Å².